The summed E-state index contributed by atoms with van der Waals surface area (Å²) >= 11 is 0. The quantitative estimate of drug-likeness (QED) is 0.579. The van der Waals surface area contributed by atoms with Gasteiger partial charge in [-0.3, -0.25) is 9.59 Å². The molecule has 0 aliphatic heterocycles. The molecule has 1 saturated carbocycles. The van der Waals surface area contributed by atoms with E-state index in [9.17, 15) is 19.5 Å². The summed E-state index contributed by atoms with van der Waals surface area (Å²) in [6.07, 6.45) is 6.68. The fourth-order valence-corrected chi connectivity index (χ4v) is 4.47. The van der Waals surface area contributed by atoms with E-state index in [4.69, 9.17) is 4.74 Å². The Labute approximate surface area is 185 Å². The number of carboxylic acid groups (broad SMARTS) is 1. The van der Waals surface area contributed by atoms with E-state index in [0.717, 1.165) is 18.4 Å². The molecule has 1 aromatic heterocycles. The molecule has 3 aromatic rings. The van der Waals surface area contributed by atoms with Crippen molar-refractivity contribution in [2.24, 2.45) is 5.92 Å². The summed E-state index contributed by atoms with van der Waals surface area (Å²) in [5, 5.41) is 12.6. The van der Waals surface area contributed by atoms with Crippen LogP contribution >= 0.6 is 0 Å². The standard InChI is InChI=1S/C25H26N2O5/c1-32-22-14-17(25(30)31)9-10-18(22)15-27-12-11-21(28)24-19(7-4-8-20(24)27)26-23(29)13-16-5-2-3-6-16/h4,7-12,14,16H,2-3,5-6,13,15H2,1H3,(H,26,29)(H,30,31). The highest BCUT2D eigenvalue weighted by atomic mass is 16.5. The molecule has 0 unspecified atom stereocenters. The Bertz CT molecular complexity index is 1220. The molecule has 166 valence electrons. The van der Waals surface area contributed by atoms with Gasteiger partial charge in [0.1, 0.15) is 5.75 Å². The van der Waals surface area contributed by atoms with Crippen LogP contribution in [0, 0.1) is 5.92 Å². The Kier molecular flexibility index (Phi) is 6.25. The average Bonchev–Trinajstić information content (AvgIpc) is 3.28. The van der Waals surface area contributed by atoms with Crippen LogP contribution in [0.1, 0.15) is 48.0 Å². The third-order valence-electron chi connectivity index (χ3n) is 6.10. The van der Waals surface area contributed by atoms with Crippen LogP contribution in [0.5, 0.6) is 5.75 Å². The number of hydrogen-bond donors (Lipinski definition) is 2. The molecule has 1 aliphatic carbocycles. The van der Waals surface area contributed by atoms with Gasteiger partial charge in [-0.05, 0) is 43.0 Å². The van der Waals surface area contributed by atoms with Crippen molar-refractivity contribution in [1.29, 1.82) is 0 Å². The van der Waals surface area contributed by atoms with Crippen molar-refractivity contribution in [2.75, 3.05) is 12.4 Å². The van der Waals surface area contributed by atoms with Crippen LogP contribution < -0.4 is 15.5 Å². The normalized spacial score (nSPS) is 13.9. The fraction of sp³-hybridized carbons (Fsp3) is 0.320. The molecule has 4 rings (SSSR count). The lowest BCUT2D eigenvalue weighted by atomic mass is 10.0. The number of aromatic nitrogens is 1. The topological polar surface area (TPSA) is 97.6 Å². The van der Waals surface area contributed by atoms with Crippen molar-refractivity contribution in [2.45, 2.75) is 38.6 Å². The zero-order valence-electron chi connectivity index (χ0n) is 18.0. The number of rotatable bonds is 7. The van der Waals surface area contributed by atoms with E-state index in [0.29, 0.717) is 41.2 Å². The first-order chi connectivity index (χ1) is 15.5. The number of ether oxygens (including phenoxy) is 1. The SMILES string of the molecule is COc1cc(C(=O)O)ccc1Cn1ccc(=O)c2c(NC(=O)CC3CCCC3)cccc21. The van der Waals surface area contributed by atoms with Crippen molar-refractivity contribution in [1.82, 2.24) is 4.57 Å². The second-order valence-electron chi connectivity index (χ2n) is 8.24. The summed E-state index contributed by atoms with van der Waals surface area (Å²) in [6.45, 7) is 0.374. The van der Waals surface area contributed by atoms with E-state index in [1.807, 2.05) is 16.7 Å². The molecule has 1 fully saturated rings. The lowest BCUT2D eigenvalue weighted by Crippen LogP contribution is -2.18. The molecule has 2 aromatic carbocycles. The molecule has 0 saturated heterocycles. The fourth-order valence-electron chi connectivity index (χ4n) is 4.47. The number of carboxylic acids is 1. The van der Waals surface area contributed by atoms with Crippen molar-refractivity contribution in [3.05, 3.63) is 70.0 Å². The van der Waals surface area contributed by atoms with Gasteiger partial charge < -0.3 is 19.7 Å². The Hall–Kier alpha value is -3.61. The Morgan fingerprint density at radius 2 is 1.94 bits per heavy atom. The van der Waals surface area contributed by atoms with Crippen LogP contribution in [0.4, 0.5) is 5.69 Å². The number of aromatic carboxylic acids is 1. The number of hydrogen-bond acceptors (Lipinski definition) is 4. The predicted octanol–water partition coefficient (Wildman–Crippen LogP) is 4.28. The first-order valence-corrected chi connectivity index (χ1v) is 10.8. The van der Waals surface area contributed by atoms with Gasteiger partial charge in [0.05, 0.1) is 35.8 Å². The average molecular weight is 434 g/mol. The first kappa shape index (κ1) is 21.6. The van der Waals surface area contributed by atoms with E-state index in [1.165, 1.54) is 38.2 Å². The molecular formula is C25H26N2O5. The zero-order valence-corrected chi connectivity index (χ0v) is 18.0. The lowest BCUT2D eigenvalue weighted by molar-refractivity contribution is -0.117. The number of nitrogens with one attached hydrogen (secondary N) is 1. The number of amides is 1. The number of fused-ring (bicyclic) bond motifs is 1. The highest BCUT2D eigenvalue weighted by Gasteiger charge is 2.19. The second-order valence-corrected chi connectivity index (χ2v) is 8.24. The molecule has 0 radical (unpaired) electrons. The van der Waals surface area contributed by atoms with Crippen LogP contribution in [0.2, 0.25) is 0 Å². The summed E-state index contributed by atoms with van der Waals surface area (Å²) in [4.78, 5) is 36.6. The van der Waals surface area contributed by atoms with Gasteiger partial charge in [0, 0.05) is 24.2 Å². The highest BCUT2D eigenvalue weighted by molar-refractivity contribution is 6.01. The van der Waals surface area contributed by atoms with Crippen LogP contribution in [0.25, 0.3) is 10.9 Å². The van der Waals surface area contributed by atoms with Gasteiger partial charge in [-0.2, -0.15) is 0 Å². The number of carbonyl (C=O) groups excluding carboxylic acids is 1. The number of benzene rings is 2. The maximum absolute atomic E-state index is 12.7. The van der Waals surface area contributed by atoms with Crippen LogP contribution in [-0.2, 0) is 11.3 Å². The third kappa shape index (κ3) is 4.51. The number of pyridine rings is 1. The van der Waals surface area contributed by atoms with Gasteiger partial charge in [-0.1, -0.05) is 25.0 Å². The van der Waals surface area contributed by atoms with E-state index in [2.05, 4.69) is 5.32 Å². The number of methoxy groups -OCH3 is 1. The summed E-state index contributed by atoms with van der Waals surface area (Å²) in [5.74, 6) is -0.215. The minimum atomic E-state index is -1.03. The predicted molar refractivity (Wildman–Crippen MR) is 122 cm³/mol. The first-order valence-electron chi connectivity index (χ1n) is 10.8. The van der Waals surface area contributed by atoms with Crippen LogP contribution in [-0.4, -0.2) is 28.7 Å². The number of anilines is 1. The van der Waals surface area contributed by atoms with E-state index in [1.54, 1.807) is 18.3 Å². The van der Waals surface area contributed by atoms with E-state index in [-0.39, 0.29) is 16.9 Å². The molecule has 0 atom stereocenters. The highest BCUT2D eigenvalue weighted by Crippen LogP contribution is 2.29. The minimum Gasteiger partial charge on any atom is -0.496 e. The molecule has 32 heavy (non-hydrogen) atoms. The Balaban J connectivity index is 1.66. The summed E-state index contributed by atoms with van der Waals surface area (Å²) in [6, 6.07) is 11.6. The number of nitrogens with zero attached hydrogens (tertiary/aromatic N) is 1. The molecular weight excluding hydrogens is 408 g/mol. The molecule has 7 heteroatoms. The summed E-state index contributed by atoms with van der Waals surface area (Å²) in [5.41, 5.74) is 1.94. The van der Waals surface area contributed by atoms with Gasteiger partial charge in [0.2, 0.25) is 5.91 Å². The molecule has 1 amide bonds. The Morgan fingerprint density at radius 3 is 2.66 bits per heavy atom. The monoisotopic (exact) mass is 434 g/mol. The van der Waals surface area contributed by atoms with Gasteiger partial charge in [0.15, 0.2) is 5.43 Å². The van der Waals surface area contributed by atoms with Crippen molar-refractivity contribution >= 4 is 28.5 Å². The lowest BCUT2D eigenvalue weighted by Gasteiger charge is -2.16. The van der Waals surface area contributed by atoms with Gasteiger partial charge in [-0.15, -0.1) is 0 Å². The van der Waals surface area contributed by atoms with Crippen molar-refractivity contribution in [3.8, 4) is 5.75 Å². The maximum Gasteiger partial charge on any atom is 0.335 e. The molecule has 7 nitrogen and oxygen atoms in total. The molecule has 1 heterocycles. The summed E-state index contributed by atoms with van der Waals surface area (Å²) in [7, 11) is 1.49. The minimum absolute atomic E-state index is 0.0647. The van der Waals surface area contributed by atoms with Crippen LogP contribution in [0.15, 0.2) is 53.5 Å². The van der Waals surface area contributed by atoms with Crippen LogP contribution in [0.3, 0.4) is 0 Å². The summed E-state index contributed by atoms with van der Waals surface area (Å²) < 4.78 is 7.28. The number of carbonyl (C=O) groups is 2. The van der Waals surface area contributed by atoms with Gasteiger partial charge in [0.25, 0.3) is 0 Å². The van der Waals surface area contributed by atoms with Crippen molar-refractivity contribution in [3.63, 3.8) is 0 Å². The smallest absolute Gasteiger partial charge is 0.335 e. The molecule has 0 bridgehead atoms. The van der Waals surface area contributed by atoms with Gasteiger partial charge >= 0.3 is 5.97 Å². The molecule has 2 N–H and O–H groups in total. The van der Waals surface area contributed by atoms with Gasteiger partial charge in [-0.25, -0.2) is 4.79 Å². The zero-order chi connectivity index (χ0) is 22.7. The maximum atomic E-state index is 12.7. The van der Waals surface area contributed by atoms with E-state index >= 15 is 0 Å². The third-order valence-corrected chi connectivity index (χ3v) is 6.10. The largest absolute Gasteiger partial charge is 0.496 e. The van der Waals surface area contributed by atoms with E-state index < -0.39 is 5.97 Å². The second kappa shape index (κ2) is 9.26. The van der Waals surface area contributed by atoms with Crippen molar-refractivity contribution < 1.29 is 19.4 Å². The molecule has 1 aliphatic rings. The molecule has 0 spiro atoms. The Morgan fingerprint density at radius 1 is 1.16 bits per heavy atom.